The third kappa shape index (κ3) is 14.5. The van der Waals surface area contributed by atoms with Gasteiger partial charge in [0.25, 0.3) is 0 Å². The van der Waals surface area contributed by atoms with Crippen molar-refractivity contribution in [2.75, 3.05) is 0 Å². The molecule has 0 unspecified atom stereocenters. The van der Waals surface area contributed by atoms with Crippen LogP contribution in [-0.2, 0) is 39.0 Å². The van der Waals surface area contributed by atoms with Crippen LogP contribution in [0.5, 0.6) is 0 Å². The Kier molecular flexibility index (Phi) is 23.2. The Morgan fingerprint density at radius 2 is 1.24 bits per heavy atom. The molecule has 0 aliphatic carbocycles. The zero-order chi connectivity index (χ0) is 29.6. The average Bonchev–Trinajstić information content (AvgIpc) is 3.45. The minimum Gasteiger partial charge on any atom is -0.343 e. The van der Waals surface area contributed by atoms with E-state index >= 15 is 0 Å². The first-order chi connectivity index (χ1) is 19.5. The zero-order valence-corrected chi connectivity index (χ0v) is 29.9. The Morgan fingerprint density at radius 3 is 1.78 bits per heavy atom. The van der Waals surface area contributed by atoms with Crippen molar-refractivity contribution in [2.24, 2.45) is 0 Å². The van der Waals surface area contributed by atoms with Crippen molar-refractivity contribution >= 4 is 31.1 Å². The number of fused-ring (bicyclic) bond motifs is 2. The normalized spacial score (nSPS) is 9.46. The number of hydrogen-bond acceptors (Lipinski definition) is 0. The van der Waals surface area contributed by atoms with Gasteiger partial charge in [0.1, 0.15) is 0 Å². The largest absolute Gasteiger partial charge is 4.00 e. The van der Waals surface area contributed by atoms with Gasteiger partial charge >= 0.3 is 26.2 Å². The quantitative estimate of drug-likeness (QED) is 0.133. The van der Waals surface area contributed by atoms with Gasteiger partial charge in [-0.1, -0.05) is 108 Å². The molecular weight excluding hydrogens is 588 g/mol. The molecule has 0 heterocycles. The smallest absolute Gasteiger partial charge is 0.343 e. The van der Waals surface area contributed by atoms with Crippen LogP contribution in [0.4, 0.5) is 0 Å². The zero-order valence-electron chi connectivity index (χ0n) is 26.4. The van der Waals surface area contributed by atoms with Crippen LogP contribution < -0.4 is 0 Å². The number of hydrogen-bond donors (Lipinski definition) is 0. The first-order valence-electron chi connectivity index (χ1n) is 14.8. The number of aryl methyl sites for hydroxylation is 2. The summed E-state index contributed by atoms with van der Waals surface area (Å²) in [6, 6.07) is 37.8. The predicted octanol–water partition coefficient (Wildman–Crippen LogP) is 12.0. The summed E-state index contributed by atoms with van der Waals surface area (Å²) in [7, 11) is 1.08. The van der Waals surface area contributed by atoms with Crippen LogP contribution in [0.3, 0.4) is 0 Å². The third-order valence-electron chi connectivity index (χ3n) is 6.09. The fourth-order valence-corrected chi connectivity index (χ4v) is 3.75. The van der Waals surface area contributed by atoms with E-state index < -0.39 is 0 Å². The predicted molar refractivity (Wildman–Crippen MR) is 185 cm³/mol. The second kappa shape index (κ2) is 24.4. The van der Waals surface area contributed by atoms with Crippen molar-refractivity contribution in [1.29, 1.82) is 0 Å². The van der Waals surface area contributed by atoms with E-state index in [4.69, 9.17) is 0 Å². The summed E-state index contributed by atoms with van der Waals surface area (Å²) in [5.74, 6) is 0. The van der Waals surface area contributed by atoms with Crippen LogP contribution in [0, 0.1) is 19.9 Å². The van der Waals surface area contributed by atoms with Crippen molar-refractivity contribution in [3.8, 4) is 11.1 Å². The fourth-order valence-electron chi connectivity index (χ4n) is 3.75. The molecule has 2 radical (unpaired) electrons. The van der Waals surface area contributed by atoms with Crippen LogP contribution >= 0.6 is 0 Å². The minimum absolute atomic E-state index is 0. The van der Waals surface area contributed by atoms with Crippen LogP contribution in [-0.4, -0.2) is 9.52 Å². The van der Waals surface area contributed by atoms with Crippen LogP contribution in [0.15, 0.2) is 97.1 Å². The second-order valence-electron chi connectivity index (χ2n) is 9.53. The Hall–Kier alpha value is -2.15. The van der Waals surface area contributed by atoms with Crippen molar-refractivity contribution in [1.82, 2.24) is 0 Å². The molecule has 5 aromatic carbocycles. The monoisotopic (exact) mass is 636 g/mol. The summed E-state index contributed by atoms with van der Waals surface area (Å²) in [5.41, 5.74) is 5.29. The van der Waals surface area contributed by atoms with Crippen molar-refractivity contribution < 1.29 is 26.2 Å². The van der Waals surface area contributed by atoms with Gasteiger partial charge in [0.15, 0.2) is 0 Å². The van der Waals surface area contributed by atoms with Gasteiger partial charge in [-0.15, -0.1) is 81.2 Å². The molecule has 0 saturated carbocycles. The van der Waals surface area contributed by atoms with Gasteiger partial charge in [0, 0.05) is 9.52 Å². The summed E-state index contributed by atoms with van der Waals surface area (Å²) in [6.07, 6.45) is 6.71. The Morgan fingerprint density at radius 1 is 0.707 bits per heavy atom. The molecule has 5 rings (SSSR count). The fraction of sp³-hybridized carbons (Fsp3) is 0.308. The maximum Gasteiger partial charge on any atom is 4.00 e. The van der Waals surface area contributed by atoms with Crippen molar-refractivity contribution in [3.05, 3.63) is 128 Å². The Labute approximate surface area is 274 Å². The molecule has 0 atom stereocenters. The SMILES string of the molecule is CCc1[c-]c2ccccc2c(-c2ccccc2)c1.CCc1cc2ccccc2[cH-]1.C[Si]C.[CH2-]CCC.[CH2-]CCC.[Zr+4]. The molecule has 41 heavy (non-hydrogen) atoms. The van der Waals surface area contributed by atoms with E-state index in [0.29, 0.717) is 0 Å². The molecular formula is C39H50SiZr. The second-order valence-corrected chi connectivity index (χ2v) is 10.5. The molecule has 2 heteroatoms. The molecule has 0 nitrogen and oxygen atoms in total. The van der Waals surface area contributed by atoms with Crippen LogP contribution in [0.1, 0.15) is 64.5 Å². The van der Waals surface area contributed by atoms with Gasteiger partial charge in [-0.2, -0.15) is 18.9 Å². The Balaban J connectivity index is 0.000000594. The molecule has 5 aromatic rings. The molecule has 0 aliphatic rings. The summed E-state index contributed by atoms with van der Waals surface area (Å²) in [6.45, 7) is 20.1. The maximum absolute atomic E-state index is 3.60. The van der Waals surface area contributed by atoms with Gasteiger partial charge < -0.3 is 13.8 Å². The molecule has 0 aliphatic heterocycles. The first kappa shape index (κ1) is 38.9. The van der Waals surface area contributed by atoms with Crippen LogP contribution in [0.25, 0.3) is 32.7 Å². The molecule has 0 bridgehead atoms. The van der Waals surface area contributed by atoms with E-state index in [0.717, 1.165) is 35.2 Å². The van der Waals surface area contributed by atoms with Gasteiger partial charge in [-0.3, -0.25) is 0 Å². The number of unbranched alkanes of at least 4 members (excludes halogenated alkanes) is 2. The van der Waals surface area contributed by atoms with Gasteiger partial charge in [-0.05, 0) is 18.4 Å². The number of rotatable bonds is 5. The maximum atomic E-state index is 3.60. The van der Waals surface area contributed by atoms with Crippen LogP contribution in [0.2, 0.25) is 13.1 Å². The van der Waals surface area contributed by atoms with E-state index in [1.165, 1.54) is 56.6 Å². The summed E-state index contributed by atoms with van der Waals surface area (Å²) < 4.78 is 0. The van der Waals surface area contributed by atoms with Gasteiger partial charge in [0.2, 0.25) is 0 Å². The molecule has 0 spiro atoms. The van der Waals surface area contributed by atoms with E-state index in [-0.39, 0.29) is 26.2 Å². The number of benzene rings is 4. The third-order valence-corrected chi connectivity index (χ3v) is 6.09. The van der Waals surface area contributed by atoms with E-state index in [1.54, 1.807) is 0 Å². The van der Waals surface area contributed by atoms with Gasteiger partial charge in [0.05, 0.1) is 0 Å². The van der Waals surface area contributed by atoms with Crippen molar-refractivity contribution in [3.63, 3.8) is 0 Å². The molecule has 0 aromatic heterocycles. The van der Waals surface area contributed by atoms with E-state index in [1.807, 2.05) is 0 Å². The molecule has 0 saturated heterocycles. The minimum atomic E-state index is 0. The van der Waals surface area contributed by atoms with Gasteiger partial charge in [-0.25, -0.2) is 0 Å². The Bertz CT molecular complexity index is 1260. The topological polar surface area (TPSA) is 0 Å². The summed E-state index contributed by atoms with van der Waals surface area (Å²) in [4.78, 5) is 0. The molecule has 0 amide bonds. The van der Waals surface area contributed by atoms with Crippen molar-refractivity contribution in [2.45, 2.75) is 79.3 Å². The van der Waals surface area contributed by atoms with E-state index in [9.17, 15) is 0 Å². The molecule has 214 valence electrons. The summed E-state index contributed by atoms with van der Waals surface area (Å²) >= 11 is 0. The first-order valence-corrected chi connectivity index (χ1v) is 16.8. The van der Waals surface area contributed by atoms with E-state index in [2.05, 4.69) is 158 Å². The molecule has 0 fully saturated rings. The summed E-state index contributed by atoms with van der Waals surface area (Å²) in [5, 5.41) is 5.21. The molecule has 0 N–H and O–H groups in total. The standard InChI is InChI=1S/C18H15.C11H11.2C4H9.C2H6Si.Zr/c1-2-14-12-16-10-6-7-11-17(16)18(13-14)15-8-4-3-5-9-15;1-2-9-7-10-5-3-4-6-11(10)8-9;2*1-3-4-2;1-3-2;/h3-11,13H,2H2,1H3;3-8H,2H2,1H3;2*1,3-4H2,2H3;1-2H3;/q4*-1;;+4. The average molecular weight is 638 g/mol.